The molecular formula is C23H15F5N6O2. The molecule has 1 atom stereocenters. The lowest BCUT2D eigenvalue weighted by Crippen LogP contribution is -2.48. The van der Waals surface area contributed by atoms with Gasteiger partial charge in [-0.2, -0.15) is 14.0 Å². The number of benzene rings is 2. The largest absolute Gasteiger partial charge is 0.486 e. The van der Waals surface area contributed by atoms with Crippen LogP contribution in [0.25, 0.3) is 0 Å². The number of ether oxygens (including phenoxy) is 1. The molecule has 1 N–H and O–H groups in total. The number of halogens is 5. The molecule has 0 bridgehead atoms. The van der Waals surface area contributed by atoms with Gasteiger partial charge in [0.15, 0.2) is 17.2 Å². The van der Waals surface area contributed by atoms with E-state index in [-0.39, 0.29) is 23.5 Å². The van der Waals surface area contributed by atoms with Crippen LogP contribution in [0.2, 0.25) is 0 Å². The topological polar surface area (TPSA) is 110 Å². The quantitative estimate of drug-likeness (QED) is 0.367. The lowest BCUT2D eigenvalue weighted by molar-refractivity contribution is -0.207. The van der Waals surface area contributed by atoms with Crippen LogP contribution in [0.5, 0.6) is 5.75 Å². The van der Waals surface area contributed by atoms with E-state index >= 15 is 8.78 Å². The summed E-state index contributed by atoms with van der Waals surface area (Å²) in [7, 11) is 0. The van der Waals surface area contributed by atoms with Crippen LogP contribution >= 0.6 is 0 Å². The maximum atomic E-state index is 15.7. The fourth-order valence-corrected chi connectivity index (χ4v) is 3.44. The molecule has 0 amide bonds. The van der Waals surface area contributed by atoms with Gasteiger partial charge in [-0.05, 0) is 40.8 Å². The van der Waals surface area contributed by atoms with Crippen molar-refractivity contribution in [1.29, 1.82) is 5.26 Å². The monoisotopic (exact) mass is 502 g/mol. The number of rotatable bonds is 8. The minimum atomic E-state index is -4.22. The lowest BCUT2D eigenvalue weighted by Gasteiger charge is -2.35. The first-order valence-corrected chi connectivity index (χ1v) is 10.2. The number of nitriles is 1. The highest BCUT2D eigenvalue weighted by Gasteiger charge is 2.58. The fourth-order valence-electron chi connectivity index (χ4n) is 3.44. The summed E-state index contributed by atoms with van der Waals surface area (Å²) in [4.78, 5) is 3.69. The zero-order valence-electron chi connectivity index (χ0n) is 18.1. The van der Waals surface area contributed by atoms with E-state index in [4.69, 9.17) is 10.00 Å². The van der Waals surface area contributed by atoms with E-state index in [0.29, 0.717) is 12.1 Å². The molecule has 8 nitrogen and oxygen atoms in total. The van der Waals surface area contributed by atoms with Crippen molar-refractivity contribution in [2.75, 3.05) is 0 Å². The molecule has 4 aromatic rings. The Morgan fingerprint density at radius 1 is 1.08 bits per heavy atom. The minimum absolute atomic E-state index is 0.217. The van der Waals surface area contributed by atoms with Gasteiger partial charge in [0.1, 0.15) is 36.3 Å². The second kappa shape index (κ2) is 9.67. The van der Waals surface area contributed by atoms with Crippen molar-refractivity contribution in [2.24, 2.45) is 0 Å². The third kappa shape index (κ3) is 4.58. The average Bonchev–Trinajstić information content (AvgIpc) is 3.36. The maximum Gasteiger partial charge on any atom is 0.323 e. The Morgan fingerprint density at radius 3 is 2.53 bits per heavy atom. The van der Waals surface area contributed by atoms with Gasteiger partial charge in [-0.25, -0.2) is 17.9 Å². The van der Waals surface area contributed by atoms with Crippen molar-refractivity contribution in [3.05, 3.63) is 101 Å². The number of aromatic nitrogens is 5. The molecule has 0 radical (unpaired) electrons. The Labute approximate surface area is 200 Å². The molecule has 0 fully saturated rings. The number of hydrogen-bond acceptors (Lipinski definition) is 7. The first-order valence-electron chi connectivity index (χ1n) is 10.2. The highest BCUT2D eigenvalue weighted by molar-refractivity contribution is 5.38. The molecule has 36 heavy (non-hydrogen) atoms. The molecule has 0 aliphatic carbocycles. The van der Waals surface area contributed by atoms with Crippen LogP contribution in [0.15, 0.2) is 61.1 Å². The number of pyridine rings is 1. The zero-order chi connectivity index (χ0) is 25.9. The third-order valence-electron chi connectivity index (χ3n) is 5.30. The molecule has 0 saturated heterocycles. The Kier molecular flexibility index (Phi) is 6.63. The molecule has 2 aromatic heterocycles. The summed E-state index contributed by atoms with van der Waals surface area (Å²) in [5.74, 6) is -7.74. The van der Waals surface area contributed by atoms with Gasteiger partial charge in [0, 0.05) is 23.4 Å². The average molecular weight is 502 g/mol. The van der Waals surface area contributed by atoms with E-state index in [2.05, 4.69) is 20.5 Å². The van der Waals surface area contributed by atoms with Crippen molar-refractivity contribution >= 4 is 0 Å². The first kappa shape index (κ1) is 24.7. The molecule has 0 spiro atoms. The van der Waals surface area contributed by atoms with Gasteiger partial charge in [0.2, 0.25) is 0 Å². The zero-order valence-corrected chi connectivity index (χ0v) is 18.1. The number of hydrogen-bond donors (Lipinski definition) is 1. The van der Waals surface area contributed by atoms with Crippen molar-refractivity contribution in [1.82, 2.24) is 25.2 Å². The molecule has 2 aromatic carbocycles. The van der Waals surface area contributed by atoms with Crippen molar-refractivity contribution in [3.8, 4) is 11.8 Å². The van der Waals surface area contributed by atoms with Crippen LogP contribution in [0.3, 0.4) is 0 Å². The number of nitrogens with zero attached hydrogens (tertiary/aromatic N) is 6. The second-order valence-electron chi connectivity index (χ2n) is 7.64. The van der Waals surface area contributed by atoms with Crippen LogP contribution < -0.4 is 4.74 Å². The highest BCUT2D eigenvalue weighted by atomic mass is 19.3. The van der Waals surface area contributed by atoms with Gasteiger partial charge < -0.3 is 9.84 Å². The van der Waals surface area contributed by atoms with Crippen molar-refractivity contribution in [2.45, 2.75) is 24.7 Å². The Bertz CT molecular complexity index is 1410. The van der Waals surface area contributed by atoms with E-state index in [0.717, 1.165) is 29.3 Å². The maximum absolute atomic E-state index is 15.7. The lowest BCUT2D eigenvalue weighted by atomic mass is 9.84. The summed E-state index contributed by atoms with van der Waals surface area (Å²) in [5.41, 5.74) is -5.08. The van der Waals surface area contributed by atoms with E-state index in [1.165, 1.54) is 24.3 Å². The van der Waals surface area contributed by atoms with E-state index in [9.17, 15) is 18.3 Å². The Balaban J connectivity index is 1.63. The van der Waals surface area contributed by atoms with Gasteiger partial charge in [-0.1, -0.05) is 12.1 Å². The SMILES string of the molecule is N#Cc1cccc(OCc2ccc(C(F)(F)C(O)(Cn3cnnn3)c3ccc(F)cc3F)nc2)c1F. The molecule has 1 unspecified atom stereocenters. The second-order valence-corrected chi connectivity index (χ2v) is 7.64. The van der Waals surface area contributed by atoms with Gasteiger partial charge in [-0.15, -0.1) is 5.10 Å². The summed E-state index contributed by atoms with van der Waals surface area (Å²) >= 11 is 0. The van der Waals surface area contributed by atoms with Gasteiger partial charge in [0.25, 0.3) is 0 Å². The van der Waals surface area contributed by atoms with Crippen molar-refractivity contribution < 1.29 is 31.8 Å². The van der Waals surface area contributed by atoms with Gasteiger partial charge in [0.05, 0.1) is 12.1 Å². The van der Waals surface area contributed by atoms with Crippen molar-refractivity contribution in [3.63, 3.8) is 0 Å². The standard InChI is InChI=1S/C23H15F5N6O2/c24-16-5-6-17(18(25)8-16)22(35,12-34-13-31-32-33-34)23(27,28)20-7-4-14(10-30-20)11-36-19-3-1-2-15(9-29)21(19)26/h1-8,10,13,35H,11-12H2. The molecule has 184 valence electrons. The molecule has 0 saturated carbocycles. The fraction of sp³-hybridized carbons (Fsp3) is 0.174. The van der Waals surface area contributed by atoms with Crippen LogP contribution in [-0.2, 0) is 24.7 Å². The Morgan fingerprint density at radius 2 is 1.89 bits per heavy atom. The molecular weight excluding hydrogens is 487 g/mol. The molecule has 13 heteroatoms. The third-order valence-corrected chi connectivity index (χ3v) is 5.30. The predicted molar refractivity (Wildman–Crippen MR) is 112 cm³/mol. The normalized spacial score (nSPS) is 13.1. The summed E-state index contributed by atoms with van der Waals surface area (Å²) in [5, 5.41) is 30.1. The summed E-state index contributed by atoms with van der Waals surface area (Å²) in [6.45, 7) is -1.26. The van der Waals surface area contributed by atoms with Crippen LogP contribution in [0, 0.1) is 28.8 Å². The molecule has 0 aliphatic rings. The Hall–Kier alpha value is -4.44. The van der Waals surface area contributed by atoms with Crippen LogP contribution in [-0.4, -0.2) is 30.3 Å². The van der Waals surface area contributed by atoms with Gasteiger partial charge >= 0.3 is 5.92 Å². The predicted octanol–water partition coefficient (Wildman–Crippen LogP) is 3.62. The minimum Gasteiger partial charge on any atom is -0.486 e. The molecule has 0 aliphatic heterocycles. The van der Waals surface area contributed by atoms with Crippen LogP contribution in [0.1, 0.15) is 22.4 Å². The van der Waals surface area contributed by atoms with E-state index < -0.39 is 46.8 Å². The van der Waals surface area contributed by atoms with E-state index in [1.54, 1.807) is 6.07 Å². The smallest absolute Gasteiger partial charge is 0.323 e. The number of tetrazole rings is 1. The summed E-state index contributed by atoms with van der Waals surface area (Å²) < 4.78 is 79.6. The highest BCUT2D eigenvalue weighted by Crippen LogP contribution is 2.46. The van der Waals surface area contributed by atoms with E-state index in [1.807, 2.05) is 0 Å². The molecule has 4 rings (SSSR count). The number of aliphatic hydroxyl groups is 1. The summed E-state index contributed by atoms with van der Waals surface area (Å²) in [6, 6.07) is 9.52. The summed E-state index contributed by atoms with van der Waals surface area (Å²) in [6.07, 6.45) is 1.95. The number of alkyl halides is 2. The first-order chi connectivity index (χ1) is 17.2. The molecule has 2 heterocycles. The van der Waals surface area contributed by atoms with Gasteiger partial charge in [-0.3, -0.25) is 4.98 Å². The van der Waals surface area contributed by atoms with Crippen LogP contribution in [0.4, 0.5) is 22.0 Å².